The van der Waals surface area contributed by atoms with Gasteiger partial charge in [0.05, 0.1) is 28.8 Å². The highest BCUT2D eigenvalue weighted by Crippen LogP contribution is 2.33. The molecule has 0 atom stereocenters. The van der Waals surface area contributed by atoms with E-state index in [1.54, 1.807) is 45.0 Å². The van der Waals surface area contributed by atoms with Gasteiger partial charge in [0.2, 0.25) is 0 Å². The standard InChI is InChI=1S/C19H21FN4O2/c1-11-5-7-15(13(20)9-11)23-17-12-10-22-24(16(12)8-6-14(17)21)18(25)26-19(2,3)4/h5-10,23H,21H2,1-4H3. The van der Waals surface area contributed by atoms with Gasteiger partial charge in [0.15, 0.2) is 0 Å². The highest BCUT2D eigenvalue weighted by molar-refractivity contribution is 6.02. The summed E-state index contributed by atoms with van der Waals surface area (Å²) in [4.78, 5) is 12.3. The largest absolute Gasteiger partial charge is 0.442 e. The molecule has 0 bridgehead atoms. The van der Waals surface area contributed by atoms with E-state index in [4.69, 9.17) is 10.5 Å². The average molecular weight is 356 g/mol. The predicted molar refractivity (Wildman–Crippen MR) is 100 cm³/mol. The first-order chi connectivity index (χ1) is 12.2. The third-order valence-corrected chi connectivity index (χ3v) is 3.74. The summed E-state index contributed by atoms with van der Waals surface area (Å²) in [6.07, 6.45) is 0.911. The van der Waals surface area contributed by atoms with Crippen molar-refractivity contribution in [3.63, 3.8) is 0 Å². The first-order valence-corrected chi connectivity index (χ1v) is 8.18. The lowest BCUT2D eigenvalue weighted by Gasteiger charge is -2.19. The number of nitrogens with one attached hydrogen (secondary N) is 1. The Kier molecular flexibility index (Phi) is 4.31. The molecule has 0 saturated heterocycles. The number of aryl methyl sites for hydroxylation is 1. The monoisotopic (exact) mass is 356 g/mol. The number of rotatable bonds is 2. The van der Waals surface area contributed by atoms with E-state index < -0.39 is 11.7 Å². The molecule has 0 amide bonds. The number of aromatic nitrogens is 2. The number of nitrogen functional groups attached to an aromatic ring is 1. The van der Waals surface area contributed by atoms with Crippen molar-refractivity contribution >= 4 is 34.1 Å². The topological polar surface area (TPSA) is 82.2 Å². The van der Waals surface area contributed by atoms with E-state index in [0.717, 1.165) is 10.2 Å². The maximum absolute atomic E-state index is 14.2. The Morgan fingerprint density at radius 2 is 2.00 bits per heavy atom. The molecule has 1 heterocycles. The maximum Gasteiger partial charge on any atom is 0.435 e. The van der Waals surface area contributed by atoms with Crippen LogP contribution >= 0.6 is 0 Å². The molecule has 3 aromatic rings. The molecule has 6 nitrogen and oxygen atoms in total. The normalized spacial score (nSPS) is 11.6. The Hall–Kier alpha value is -3.09. The molecular formula is C19H21FN4O2. The Morgan fingerprint density at radius 1 is 1.27 bits per heavy atom. The van der Waals surface area contributed by atoms with Crippen molar-refractivity contribution in [1.29, 1.82) is 0 Å². The smallest absolute Gasteiger partial charge is 0.435 e. The van der Waals surface area contributed by atoms with Gasteiger partial charge in [-0.25, -0.2) is 9.18 Å². The minimum atomic E-state index is -0.644. The zero-order valence-electron chi connectivity index (χ0n) is 15.1. The van der Waals surface area contributed by atoms with Crippen molar-refractivity contribution in [2.45, 2.75) is 33.3 Å². The van der Waals surface area contributed by atoms with Gasteiger partial charge in [0, 0.05) is 5.39 Å². The fourth-order valence-electron chi connectivity index (χ4n) is 2.56. The number of fused-ring (bicyclic) bond motifs is 1. The summed E-state index contributed by atoms with van der Waals surface area (Å²) in [5, 5.41) is 7.71. The average Bonchev–Trinajstić information content (AvgIpc) is 2.95. The van der Waals surface area contributed by atoms with Gasteiger partial charge >= 0.3 is 6.09 Å². The zero-order chi connectivity index (χ0) is 19.1. The summed E-state index contributed by atoms with van der Waals surface area (Å²) >= 11 is 0. The van der Waals surface area contributed by atoms with Crippen molar-refractivity contribution in [3.8, 4) is 0 Å². The summed E-state index contributed by atoms with van der Waals surface area (Å²) in [5.41, 5.74) is 7.95. The third kappa shape index (κ3) is 3.46. The van der Waals surface area contributed by atoms with Crippen LogP contribution in [0.15, 0.2) is 36.5 Å². The maximum atomic E-state index is 14.2. The van der Waals surface area contributed by atoms with Crippen LogP contribution < -0.4 is 11.1 Å². The van der Waals surface area contributed by atoms with Crippen LogP contribution in [0.1, 0.15) is 26.3 Å². The molecule has 0 aliphatic carbocycles. The first kappa shape index (κ1) is 17.7. The molecule has 0 spiro atoms. The van der Waals surface area contributed by atoms with Gasteiger partial charge in [-0.05, 0) is 57.5 Å². The van der Waals surface area contributed by atoms with E-state index in [1.807, 2.05) is 6.92 Å². The van der Waals surface area contributed by atoms with E-state index in [-0.39, 0.29) is 5.82 Å². The van der Waals surface area contributed by atoms with Crippen molar-refractivity contribution in [2.24, 2.45) is 0 Å². The zero-order valence-corrected chi connectivity index (χ0v) is 15.1. The Morgan fingerprint density at radius 3 is 2.65 bits per heavy atom. The number of nitrogens with zero attached hydrogens (tertiary/aromatic N) is 2. The highest BCUT2D eigenvalue weighted by Gasteiger charge is 2.21. The number of carbonyl (C=O) groups excluding carboxylic acids is 1. The van der Waals surface area contributed by atoms with Crippen molar-refractivity contribution < 1.29 is 13.9 Å². The van der Waals surface area contributed by atoms with Gasteiger partial charge < -0.3 is 15.8 Å². The molecule has 3 rings (SSSR count). The molecule has 0 aliphatic rings. The molecule has 0 fully saturated rings. The van der Waals surface area contributed by atoms with Gasteiger partial charge in [-0.1, -0.05) is 6.07 Å². The van der Waals surface area contributed by atoms with Crippen molar-refractivity contribution in [2.75, 3.05) is 11.1 Å². The second-order valence-electron chi connectivity index (χ2n) is 7.11. The van der Waals surface area contributed by atoms with Gasteiger partial charge in [-0.2, -0.15) is 9.78 Å². The van der Waals surface area contributed by atoms with E-state index in [2.05, 4.69) is 10.4 Å². The van der Waals surface area contributed by atoms with Crippen LogP contribution in [0.3, 0.4) is 0 Å². The predicted octanol–water partition coefficient (Wildman–Crippen LogP) is 4.59. The first-order valence-electron chi connectivity index (χ1n) is 8.18. The van der Waals surface area contributed by atoms with Crippen LogP contribution in [-0.2, 0) is 4.74 Å². The SMILES string of the molecule is Cc1ccc(Nc2c(N)ccc3c2cnn3C(=O)OC(C)(C)C)c(F)c1. The molecule has 0 radical (unpaired) electrons. The molecule has 2 aromatic carbocycles. The summed E-state index contributed by atoms with van der Waals surface area (Å²) < 4.78 is 20.7. The molecular weight excluding hydrogens is 335 g/mol. The van der Waals surface area contributed by atoms with Crippen molar-refractivity contribution in [1.82, 2.24) is 9.78 Å². The lowest BCUT2D eigenvalue weighted by molar-refractivity contribution is 0.0523. The number of benzene rings is 2. The van der Waals surface area contributed by atoms with E-state index >= 15 is 0 Å². The van der Waals surface area contributed by atoms with E-state index in [0.29, 0.717) is 28.0 Å². The minimum absolute atomic E-state index is 0.291. The Labute approximate surface area is 150 Å². The number of nitrogens with two attached hydrogens (primary N) is 1. The number of carbonyl (C=O) groups is 1. The Balaban J connectivity index is 2.04. The van der Waals surface area contributed by atoms with Crippen LogP contribution in [0.2, 0.25) is 0 Å². The van der Waals surface area contributed by atoms with Gasteiger partial charge in [-0.15, -0.1) is 0 Å². The molecule has 1 aromatic heterocycles. The molecule has 0 aliphatic heterocycles. The lowest BCUT2D eigenvalue weighted by atomic mass is 10.1. The summed E-state index contributed by atoms with van der Waals surface area (Å²) in [7, 11) is 0. The molecule has 3 N–H and O–H groups in total. The number of anilines is 3. The number of hydrogen-bond donors (Lipinski definition) is 2. The fourth-order valence-corrected chi connectivity index (χ4v) is 2.56. The van der Waals surface area contributed by atoms with Crippen molar-refractivity contribution in [3.05, 3.63) is 47.9 Å². The van der Waals surface area contributed by atoms with Crippen LogP contribution in [0.5, 0.6) is 0 Å². The second kappa shape index (κ2) is 6.33. The summed E-state index contributed by atoms with van der Waals surface area (Å²) in [6.45, 7) is 7.15. The summed E-state index contributed by atoms with van der Waals surface area (Å²) in [5.74, 6) is -0.388. The number of halogens is 1. The van der Waals surface area contributed by atoms with Crippen LogP contribution in [0.25, 0.3) is 10.9 Å². The summed E-state index contributed by atoms with van der Waals surface area (Å²) in [6, 6.07) is 8.19. The highest BCUT2D eigenvalue weighted by atomic mass is 19.1. The van der Waals surface area contributed by atoms with Gasteiger partial charge in [-0.3, -0.25) is 0 Å². The Bertz CT molecular complexity index is 989. The van der Waals surface area contributed by atoms with Crippen LogP contribution in [-0.4, -0.2) is 21.5 Å². The second-order valence-corrected chi connectivity index (χ2v) is 7.11. The molecule has 0 saturated carbocycles. The fraction of sp³-hybridized carbons (Fsp3) is 0.263. The molecule has 136 valence electrons. The van der Waals surface area contributed by atoms with Gasteiger partial charge in [0.1, 0.15) is 11.4 Å². The number of ether oxygens (including phenoxy) is 1. The van der Waals surface area contributed by atoms with E-state index in [1.165, 1.54) is 12.3 Å². The number of hydrogen-bond acceptors (Lipinski definition) is 5. The van der Waals surface area contributed by atoms with E-state index in [9.17, 15) is 9.18 Å². The van der Waals surface area contributed by atoms with Crippen LogP contribution in [0.4, 0.5) is 26.2 Å². The lowest BCUT2D eigenvalue weighted by Crippen LogP contribution is -2.27. The third-order valence-electron chi connectivity index (χ3n) is 3.74. The molecule has 0 unspecified atom stereocenters. The minimum Gasteiger partial charge on any atom is -0.442 e. The van der Waals surface area contributed by atoms with Gasteiger partial charge in [0.25, 0.3) is 0 Å². The molecule has 7 heteroatoms. The quantitative estimate of drug-likeness (QED) is 0.656. The van der Waals surface area contributed by atoms with Crippen LogP contribution in [0, 0.1) is 12.7 Å². The molecule has 26 heavy (non-hydrogen) atoms.